The molecule has 0 radical (unpaired) electrons. The van der Waals surface area contributed by atoms with Crippen LogP contribution in [0, 0.1) is 10.1 Å². The minimum atomic E-state index is -0.422. The second kappa shape index (κ2) is 9.08. The Morgan fingerprint density at radius 2 is 1.85 bits per heavy atom. The monoisotopic (exact) mass is 282 g/mol. The molecule has 7 heteroatoms. The minimum absolute atomic E-state index is 0.0266. The zero-order valence-corrected chi connectivity index (χ0v) is 11.8. The Morgan fingerprint density at radius 3 is 2.45 bits per heavy atom. The number of pyridine rings is 1. The summed E-state index contributed by atoms with van der Waals surface area (Å²) in [5.41, 5.74) is 0.0266. The molecular formula is C13H22N4O3. The van der Waals surface area contributed by atoms with Crippen molar-refractivity contribution in [1.29, 1.82) is 0 Å². The third-order valence-corrected chi connectivity index (χ3v) is 2.77. The van der Waals surface area contributed by atoms with Gasteiger partial charge in [-0.2, -0.15) is 0 Å². The average Bonchev–Trinajstić information content (AvgIpc) is 2.43. The van der Waals surface area contributed by atoms with Crippen molar-refractivity contribution >= 4 is 17.3 Å². The lowest BCUT2D eigenvalue weighted by Gasteiger charge is -2.08. The Morgan fingerprint density at radius 1 is 1.20 bits per heavy atom. The van der Waals surface area contributed by atoms with Gasteiger partial charge in [-0.15, -0.1) is 0 Å². The number of hydrogen-bond acceptors (Lipinski definition) is 6. The van der Waals surface area contributed by atoms with Crippen LogP contribution >= 0.6 is 0 Å². The summed E-state index contributed by atoms with van der Waals surface area (Å²) < 4.78 is 0. The van der Waals surface area contributed by atoms with E-state index in [1.807, 2.05) is 6.92 Å². The SMILES string of the molecule is CCNc1cc([N+](=O)[O-])cc(NCCCCCCO)n1. The number of nitrogens with one attached hydrogen (secondary N) is 2. The Bertz CT molecular complexity index is 426. The maximum atomic E-state index is 10.9. The molecular weight excluding hydrogens is 260 g/mol. The number of anilines is 2. The van der Waals surface area contributed by atoms with Gasteiger partial charge in [-0.05, 0) is 19.8 Å². The molecule has 0 bridgehead atoms. The highest BCUT2D eigenvalue weighted by atomic mass is 16.6. The van der Waals surface area contributed by atoms with E-state index in [2.05, 4.69) is 15.6 Å². The van der Waals surface area contributed by atoms with Crippen molar-refractivity contribution in [3.63, 3.8) is 0 Å². The summed E-state index contributed by atoms with van der Waals surface area (Å²) in [5, 5.41) is 25.6. The normalized spacial score (nSPS) is 10.3. The van der Waals surface area contributed by atoms with E-state index in [-0.39, 0.29) is 12.3 Å². The summed E-state index contributed by atoms with van der Waals surface area (Å²) in [4.78, 5) is 14.7. The number of unbranched alkanes of at least 4 members (excludes halogenated alkanes) is 3. The molecule has 0 unspecified atom stereocenters. The van der Waals surface area contributed by atoms with Crippen LogP contribution in [-0.4, -0.2) is 34.7 Å². The maximum Gasteiger partial charge on any atom is 0.276 e. The van der Waals surface area contributed by atoms with Crippen LogP contribution in [0.1, 0.15) is 32.6 Å². The van der Waals surface area contributed by atoms with Crippen LogP contribution in [0.3, 0.4) is 0 Å². The van der Waals surface area contributed by atoms with Gasteiger partial charge >= 0.3 is 0 Å². The van der Waals surface area contributed by atoms with Crippen molar-refractivity contribution in [1.82, 2.24) is 4.98 Å². The van der Waals surface area contributed by atoms with Crippen molar-refractivity contribution in [2.45, 2.75) is 32.6 Å². The molecule has 0 aliphatic rings. The van der Waals surface area contributed by atoms with E-state index in [1.54, 1.807) is 0 Å². The standard InChI is InChI=1S/C13H22N4O3/c1-2-14-12-9-11(17(19)20)10-13(16-12)15-7-5-3-4-6-8-18/h9-10,18H,2-8H2,1H3,(H2,14,15,16). The molecule has 0 atom stereocenters. The fourth-order valence-corrected chi connectivity index (χ4v) is 1.79. The van der Waals surface area contributed by atoms with Gasteiger partial charge in [0.1, 0.15) is 11.6 Å². The van der Waals surface area contributed by atoms with Crippen LogP contribution in [0.2, 0.25) is 0 Å². The van der Waals surface area contributed by atoms with Gasteiger partial charge in [-0.3, -0.25) is 10.1 Å². The summed E-state index contributed by atoms with van der Waals surface area (Å²) >= 11 is 0. The molecule has 0 fully saturated rings. The smallest absolute Gasteiger partial charge is 0.276 e. The predicted octanol–water partition coefficient (Wildman–Crippen LogP) is 2.39. The lowest BCUT2D eigenvalue weighted by Crippen LogP contribution is -2.07. The summed E-state index contributed by atoms with van der Waals surface area (Å²) in [6.45, 7) is 3.51. The molecule has 3 N–H and O–H groups in total. The number of rotatable bonds is 10. The van der Waals surface area contributed by atoms with Gasteiger partial charge in [0.05, 0.1) is 17.1 Å². The summed E-state index contributed by atoms with van der Waals surface area (Å²) in [5.74, 6) is 1.02. The average molecular weight is 282 g/mol. The number of hydrogen-bond donors (Lipinski definition) is 3. The van der Waals surface area contributed by atoms with Crippen LogP contribution in [0.15, 0.2) is 12.1 Å². The lowest BCUT2D eigenvalue weighted by atomic mass is 10.2. The van der Waals surface area contributed by atoms with E-state index >= 15 is 0 Å². The molecule has 1 rings (SSSR count). The largest absolute Gasteiger partial charge is 0.396 e. The van der Waals surface area contributed by atoms with Crippen LogP contribution in [0.5, 0.6) is 0 Å². The molecule has 1 aromatic heterocycles. The first-order valence-corrected chi connectivity index (χ1v) is 6.92. The van der Waals surface area contributed by atoms with Crippen LogP contribution < -0.4 is 10.6 Å². The first kappa shape index (κ1) is 16.2. The van der Waals surface area contributed by atoms with Crippen LogP contribution in [-0.2, 0) is 0 Å². The zero-order valence-electron chi connectivity index (χ0n) is 11.8. The second-order valence-corrected chi connectivity index (χ2v) is 4.45. The second-order valence-electron chi connectivity index (χ2n) is 4.45. The van der Waals surface area contributed by atoms with Crippen molar-refractivity contribution in [2.75, 3.05) is 30.3 Å². The van der Waals surface area contributed by atoms with E-state index in [0.717, 1.165) is 25.7 Å². The quantitative estimate of drug-likeness (QED) is 0.346. The highest BCUT2D eigenvalue weighted by Crippen LogP contribution is 2.20. The zero-order chi connectivity index (χ0) is 14.8. The maximum absolute atomic E-state index is 10.9. The molecule has 0 aliphatic heterocycles. The Kier molecular flexibility index (Phi) is 7.34. The summed E-state index contributed by atoms with van der Waals surface area (Å²) in [6.07, 6.45) is 3.77. The molecule has 0 saturated carbocycles. The molecule has 0 spiro atoms. The molecule has 0 amide bonds. The molecule has 0 aliphatic carbocycles. The molecule has 1 heterocycles. The first-order valence-electron chi connectivity index (χ1n) is 6.92. The van der Waals surface area contributed by atoms with E-state index in [4.69, 9.17) is 5.11 Å². The van der Waals surface area contributed by atoms with E-state index in [1.165, 1.54) is 12.1 Å². The summed E-state index contributed by atoms with van der Waals surface area (Å²) in [7, 11) is 0. The third-order valence-electron chi connectivity index (χ3n) is 2.77. The van der Waals surface area contributed by atoms with E-state index in [0.29, 0.717) is 24.7 Å². The number of nitrogens with zero attached hydrogens (tertiary/aromatic N) is 2. The van der Waals surface area contributed by atoms with Crippen molar-refractivity contribution in [3.8, 4) is 0 Å². The Labute approximate surface area is 118 Å². The molecule has 0 saturated heterocycles. The van der Waals surface area contributed by atoms with Crippen LogP contribution in [0.25, 0.3) is 0 Å². The number of aromatic nitrogens is 1. The first-order chi connectivity index (χ1) is 9.67. The molecule has 1 aromatic rings. The number of aliphatic hydroxyl groups excluding tert-OH is 1. The molecule has 0 aromatic carbocycles. The van der Waals surface area contributed by atoms with Gasteiger partial charge in [0.2, 0.25) is 0 Å². The van der Waals surface area contributed by atoms with Gasteiger partial charge in [0.15, 0.2) is 0 Å². The Balaban J connectivity index is 2.53. The number of aliphatic hydroxyl groups is 1. The topological polar surface area (TPSA) is 100 Å². The molecule has 20 heavy (non-hydrogen) atoms. The predicted molar refractivity (Wildman–Crippen MR) is 79.1 cm³/mol. The molecule has 7 nitrogen and oxygen atoms in total. The third kappa shape index (κ3) is 5.83. The molecule has 112 valence electrons. The van der Waals surface area contributed by atoms with E-state index in [9.17, 15) is 10.1 Å². The number of nitro groups is 1. The van der Waals surface area contributed by atoms with Gasteiger partial charge in [-0.25, -0.2) is 4.98 Å². The highest BCUT2D eigenvalue weighted by Gasteiger charge is 2.10. The fourth-order valence-electron chi connectivity index (χ4n) is 1.79. The van der Waals surface area contributed by atoms with Crippen LogP contribution in [0.4, 0.5) is 17.3 Å². The Hall–Kier alpha value is -1.89. The van der Waals surface area contributed by atoms with Crippen molar-refractivity contribution in [2.24, 2.45) is 0 Å². The van der Waals surface area contributed by atoms with Gasteiger partial charge in [-0.1, -0.05) is 12.8 Å². The van der Waals surface area contributed by atoms with E-state index < -0.39 is 4.92 Å². The fraction of sp³-hybridized carbons (Fsp3) is 0.615. The van der Waals surface area contributed by atoms with Gasteiger partial charge < -0.3 is 15.7 Å². The summed E-state index contributed by atoms with van der Waals surface area (Å²) in [6, 6.07) is 2.87. The van der Waals surface area contributed by atoms with Crippen molar-refractivity contribution in [3.05, 3.63) is 22.2 Å². The lowest BCUT2D eigenvalue weighted by molar-refractivity contribution is -0.384. The minimum Gasteiger partial charge on any atom is -0.396 e. The van der Waals surface area contributed by atoms with Crippen molar-refractivity contribution < 1.29 is 10.0 Å². The van der Waals surface area contributed by atoms with Gasteiger partial charge in [0.25, 0.3) is 5.69 Å². The highest BCUT2D eigenvalue weighted by molar-refractivity contribution is 5.54. The van der Waals surface area contributed by atoms with Gasteiger partial charge in [0, 0.05) is 19.7 Å².